The Morgan fingerprint density at radius 3 is 2.24 bits per heavy atom. The van der Waals surface area contributed by atoms with Crippen LogP contribution in [0.2, 0.25) is 5.02 Å². The third-order valence-electron chi connectivity index (χ3n) is 3.19. The molecule has 0 radical (unpaired) electrons. The van der Waals surface area contributed by atoms with Gasteiger partial charge in [-0.2, -0.15) is 0 Å². The molecule has 0 fully saturated rings. The van der Waals surface area contributed by atoms with Crippen molar-refractivity contribution in [3.05, 3.63) is 64.2 Å². The average molecular weight is 312 g/mol. The molecule has 0 spiro atoms. The lowest BCUT2D eigenvalue weighted by Gasteiger charge is -2.20. The molecule has 2 rings (SSSR count). The molecule has 112 valence electrons. The second kappa shape index (κ2) is 6.87. The molecule has 0 bridgehead atoms. The smallest absolute Gasteiger partial charge is 0.165 e. The zero-order chi connectivity index (χ0) is 15.4. The molecule has 0 heterocycles. The van der Waals surface area contributed by atoms with Crippen molar-refractivity contribution >= 4 is 11.6 Å². The summed E-state index contributed by atoms with van der Waals surface area (Å²) in [6.45, 7) is 2.59. The Morgan fingerprint density at radius 2 is 1.71 bits per heavy atom. The molecule has 1 N–H and O–H groups in total. The van der Waals surface area contributed by atoms with Crippen LogP contribution < -0.4 is 10.1 Å². The van der Waals surface area contributed by atoms with Gasteiger partial charge in [0.05, 0.1) is 18.2 Å². The second-order valence-electron chi connectivity index (χ2n) is 4.56. The predicted octanol–water partition coefficient (Wildman–Crippen LogP) is 4.33. The summed E-state index contributed by atoms with van der Waals surface area (Å²) in [6.07, 6.45) is 0. The molecule has 0 saturated carbocycles. The van der Waals surface area contributed by atoms with E-state index in [1.54, 1.807) is 18.2 Å². The Balaban J connectivity index is 2.42. The maximum Gasteiger partial charge on any atom is 0.165 e. The Hall–Kier alpha value is -1.65. The molecule has 0 aromatic heterocycles. The van der Waals surface area contributed by atoms with Crippen molar-refractivity contribution in [2.24, 2.45) is 0 Å². The number of ether oxygens (including phenoxy) is 1. The van der Waals surface area contributed by atoms with E-state index in [0.29, 0.717) is 17.7 Å². The van der Waals surface area contributed by atoms with Gasteiger partial charge >= 0.3 is 0 Å². The molecule has 0 aliphatic rings. The molecular formula is C16H16ClF2NO. The molecule has 0 aliphatic heterocycles. The van der Waals surface area contributed by atoms with Crippen LogP contribution in [0.3, 0.4) is 0 Å². The molecule has 1 unspecified atom stereocenters. The van der Waals surface area contributed by atoms with Crippen molar-refractivity contribution in [1.29, 1.82) is 0 Å². The van der Waals surface area contributed by atoms with Crippen LogP contribution in [0.5, 0.6) is 5.75 Å². The third-order valence-corrected chi connectivity index (χ3v) is 3.50. The van der Waals surface area contributed by atoms with Gasteiger partial charge in [-0.1, -0.05) is 30.7 Å². The van der Waals surface area contributed by atoms with E-state index in [9.17, 15) is 8.78 Å². The van der Waals surface area contributed by atoms with E-state index >= 15 is 0 Å². The standard InChI is InChI=1S/C16H16ClF2NO/c1-3-20-16(10-4-6-12(17)13(18)8-10)11-5-7-15(21-2)14(19)9-11/h4-9,16,20H,3H2,1-2H3. The first-order valence-corrected chi connectivity index (χ1v) is 6.96. The van der Waals surface area contributed by atoms with Gasteiger partial charge in [0.15, 0.2) is 11.6 Å². The minimum atomic E-state index is -0.494. The average Bonchev–Trinajstić information content (AvgIpc) is 2.48. The fourth-order valence-corrected chi connectivity index (χ4v) is 2.30. The monoisotopic (exact) mass is 311 g/mol. The Kier molecular flexibility index (Phi) is 5.15. The highest BCUT2D eigenvalue weighted by Crippen LogP contribution is 2.28. The van der Waals surface area contributed by atoms with Gasteiger partial charge < -0.3 is 10.1 Å². The highest BCUT2D eigenvalue weighted by atomic mass is 35.5. The molecule has 0 amide bonds. The van der Waals surface area contributed by atoms with Gasteiger partial charge in [-0.25, -0.2) is 8.78 Å². The fraction of sp³-hybridized carbons (Fsp3) is 0.250. The van der Waals surface area contributed by atoms with Crippen molar-refractivity contribution in [3.8, 4) is 5.75 Å². The van der Waals surface area contributed by atoms with Crippen LogP contribution in [0, 0.1) is 11.6 Å². The van der Waals surface area contributed by atoms with Gasteiger partial charge in [-0.15, -0.1) is 0 Å². The van der Waals surface area contributed by atoms with Crippen molar-refractivity contribution in [2.45, 2.75) is 13.0 Å². The molecule has 2 aromatic carbocycles. The Labute approximate surface area is 127 Å². The maximum atomic E-state index is 13.9. The van der Waals surface area contributed by atoms with Crippen LogP contribution in [0.4, 0.5) is 8.78 Å². The first-order valence-electron chi connectivity index (χ1n) is 6.58. The fourth-order valence-electron chi connectivity index (χ4n) is 2.19. The molecular weight excluding hydrogens is 296 g/mol. The van der Waals surface area contributed by atoms with E-state index in [4.69, 9.17) is 16.3 Å². The minimum absolute atomic E-state index is 0.0647. The lowest BCUT2D eigenvalue weighted by atomic mass is 9.98. The zero-order valence-electron chi connectivity index (χ0n) is 11.8. The number of benzene rings is 2. The molecule has 1 atom stereocenters. The lowest BCUT2D eigenvalue weighted by Crippen LogP contribution is -2.22. The van der Waals surface area contributed by atoms with Gasteiger partial charge in [0.2, 0.25) is 0 Å². The quantitative estimate of drug-likeness (QED) is 0.887. The van der Waals surface area contributed by atoms with E-state index in [1.807, 2.05) is 6.92 Å². The van der Waals surface area contributed by atoms with E-state index in [2.05, 4.69) is 5.32 Å². The molecule has 0 aliphatic carbocycles. The van der Waals surface area contributed by atoms with Crippen molar-refractivity contribution in [1.82, 2.24) is 5.32 Å². The molecule has 2 aromatic rings. The highest BCUT2D eigenvalue weighted by Gasteiger charge is 2.16. The maximum absolute atomic E-state index is 13.9. The van der Waals surface area contributed by atoms with Crippen molar-refractivity contribution in [2.75, 3.05) is 13.7 Å². The van der Waals surface area contributed by atoms with Crippen LogP contribution in [0.15, 0.2) is 36.4 Å². The molecule has 2 nitrogen and oxygen atoms in total. The van der Waals surface area contributed by atoms with Gasteiger partial charge in [0, 0.05) is 0 Å². The number of rotatable bonds is 5. The van der Waals surface area contributed by atoms with E-state index in [1.165, 1.54) is 25.3 Å². The summed E-state index contributed by atoms with van der Waals surface area (Å²) in [5, 5.41) is 3.27. The Bertz CT molecular complexity index is 634. The van der Waals surface area contributed by atoms with Gasteiger partial charge in [-0.05, 0) is 41.9 Å². The first kappa shape index (κ1) is 15.7. The number of nitrogens with one attached hydrogen (secondary N) is 1. The topological polar surface area (TPSA) is 21.3 Å². The number of hydrogen-bond acceptors (Lipinski definition) is 2. The van der Waals surface area contributed by atoms with Crippen molar-refractivity contribution < 1.29 is 13.5 Å². The third kappa shape index (κ3) is 3.52. The van der Waals surface area contributed by atoms with Crippen LogP contribution in [0.1, 0.15) is 24.1 Å². The first-order chi connectivity index (χ1) is 10.1. The number of hydrogen-bond donors (Lipinski definition) is 1. The lowest BCUT2D eigenvalue weighted by molar-refractivity contribution is 0.385. The summed E-state index contributed by atoms with van der Waals surface area (Å²) in [6, 6.07) is 8.96. The van der Waals surface area contributed by atoms with Crippen LogP contribution in [0.25, 0.3) is 0 Å². The Morgan fingerprint density at radius 1 is 1.10 bits per heavy atom. The largest absolute Gasteiger partial charge is 0.494 e. The summed E-state index contributed by atoms with van der Waals surface area (Å²) in [5.41, 5.74) is 1.38. The molecule has 5 heteroatoms. The van der Waals surface area contributed by atoms with E-state index in [0.717, 1.165) is 0 Å². The summed E-state index contributed by atoms with van der Waals surface area (Å²) in [5.74, 6) is -0.769. The van der Waals surface area contributed by atoms with Crippen LogP contribution in [-0.4, -0.2) is 13.7 Å². The highest BCUT2D eigenvalue weighted by molar-refractivity contribution is 6.30. The molecule has 21 heavy (non-hydrogen) atoms. The minimum Gasteiger partial charge on any atom is -0.494 e. The summed E-state index contributed by atoms with van der Waals surface area (Å²) in [7, 11) is 1.41. The van der Waals surface area contributed by atoms with Gasteiger partial charge in [-0.3, -0.25) is 0 Å². The van der Waals surface area contributed by atoms with Gasteiger partial charge in [0.1, 0.15) is 5.82 Å². The normalized spacial score (nSPS) is 12.2. The second-order valence-corrected chi connectivity index (χ2v) is 4.97. The van der Waals surface area contributed by atoms with Crippen molar-refractivity contribution in [3.63, 3.8) is 0 Å². The number of halogens is 3. The summed E-state index contributed by atoms with van der Waals surface area (Å²) in [4.78, 5) is 0. The van der Waals surface area contributed by atoms with Gasteiger partial charge in [0.25, 0.3) is 0 Å². The predicted molar refractivity (Wildman–Crippen MR) is 79.9 cm³/mol. The van der Waals surface area contributed by atoms with Crippen LogP contribution >= 0.6 is 11.6 Å². The number of methoxy groups -OCH3 is 1. The summed E-state index contributed by atoms with van der Waals surface area (Å²) < 4.78 is 32.4. The molecule has 0 saturated heterocycles. The van der Waals surface area contributed by atoms with Crippen LogP contribution in [-0.2, 0) is 0 Å². The zero-order valence-corrected chi connectivity index (χ0v) is 12.5. The summed E-state index contributed by atoms with van der Waals surface area (Å²) >= 11 is 5.70. The SMILES string of the molecule is CCNC(c1ccc(Cl)c(F)c1)c1ccc(OC)c(F)c1. The van der Waals surface area contributed by atoms with E-state index in [-0.39, 0.29) is 16.8 Å². The van der Waals surface area contributed by atoms with E-state index < -0.39 is 11.6 Å².